The van der Waals surface area contributed by atoms with Crippen molar-refractivity contribution in [3.05, 3.63) is 33.6 Å². The van der Waals surface area contributed by atoms with E-state index in [-0.39, 0.29) is 23.5 Å². The van der Waals surface area contributed by atoms with Crippen LogP contribution in [0.3, 0.4) is 0 Å². The monoisotopic (exact) mass is 227 g/mol. The van der Waals surface area contributed by atoms with Gasteiger partial charge in [-0.3, -0.25) is 14.9 Å². The summed E-state index contributed by atoms with van der Waals surface area (Å²) in [5.74, 6) is -1.18. The fourth-order valence-electron chi connectivity index (χ4n) is 1.37. The normalized spacial score (nSPS) is 9.94. The Hall–Kier alpha value is -1.98. The van der Waals surface area contributed by atoms with Crippen LogP contribution in [-0.2, 0) is 11.2 Å². The number of benzene rings is 1. The highest BCUT2D eigenvalue weighted by Gasteiger charge is 2.25. The maximum atomic E-state index is 13.4. The molecular formula is C10H10FNO4. The van der Waals surface area contributed by atoms with E-state index in [1.807, 2.05) is 0 Å². The predicted octanol–water partition coefficient (Wildman–Crippen LogP) is 1.87. The number of nitro benzene ring substituents is 1. The lowest BCUT2D eigenvalue weighted by Gasteiger charge is -2.06. The average Bonchev–Trinajstić information content (AvgIpc) is 2.19. The zero-order valence-electron chi connectivity index (χ0n) is 8.82. The Labute approximate surface area is 91.0 Å². The number of Topliss-reactive ketones (excluding diaryl/α,β-unsaturated/α-hetero) is 1. The van der Waals surface area contributed by atoms with Crippen LogP contribution in [0.2, 0.25) is 0 Å². The van der Waals surface area contributed by atoms with E-state index < -0.39 is 16.4 Å². The van der Waals surface area contributed by atoms with Gasteiger partial charge in [0.2, 0.25) is 0 Å². The van der Waals surface area contributed by atoms with Gasteiger partial charge < -0.3 is 4.74 Å². The Morgan fingerprint density at radius 3 is 2.62 bits per heavy atom. The van der Waals surface area contributed by atoms with Crippen molar-refractivity contribution in [3.8, 4) is 5.75 Å². The summed E-state index contributed by atoms with van der Waals surface area (Å²) in [6, 6.07) is 2.21. The molecule has 16 heavy (non-hydrogen) atoms. The highest BCUT2D eigenvalue weighted by atomic mass is 19.1. The van der Waals surface area contributed by atoms with Gasteiger partial charge in [-0.2, -0.15) is 0 Å². The minimum absolute atomic E-state index is 0.0531. The number of halogens is 1. The first kappa shape index (κ1) is 12.1. The summed E-state index contributed by atoms with van der Waals surface area (Å²) >= 11 is 0. The van der Waals surface area contributed by atoms with Crippen LogP contribution >= 0.6 is 0 Å². The number of ether oxygens (including phenoxy) is 1. The summed E-state index contributed by atoms with van der Waals surface area (Å²) in [5.41, 5.74) is -0.727. The third kappa shape index (κ3) is 2.33. The molecule has 6 heteroatoms. The number of rotatable bonds is 4. The number of methoxy groups -OCH3 is 1. The third-order valence-corrected chi connectivity index (χ3v) is 2.02. The van der Waals surface area contributed by atoms with E-state index in [1.54, 1.807) is 0 Å². The molecule has 86 valence electrons. The maximum Gasteiger partial charge on any atom is 0.317 e. The SMILES string of the molecule is COc1ccc(F)c(CC(C)=O)c1[N+](=O)[O-]. The minimum atomic E-state index is -0.775. The van der Waals surface area contributed by atoms with Gasteiger partial charge in [0.1, 0.15) is 11.6 Å². The Morgan fingerprint density at radius 2 is 2.19 bits per heavy atom. The summed E-state index contributed by atoms with van der Waals surface area (Å²) in [7, 11) is 1.25. The Bertz CT molecular complexity index is 445. The first-order valence-electron chi connectivity index (χ1n) is 4.46. The highest BCUT2D eigenvalue weighted by molar-refractivity contribution is 5.80. The summed E-state index contributed by atoms with van der Waals surface area (Å²) in [4.78, 5) is 20.9. The standard InChI is InChI=1S/C10H10FNO4/c1-6(13)5-7-8(11)3-4-9(16-2)10(7)12(14)15/h3-4H,5H2,1-2H3. The van der Waals surface area contributed by atoms with Crippen molar-refractivity contribution in [3.63, 3.8) is 0 Å². The molecule has 0 heterocycles. The second-order valence-corrected chi connectivity index (χ2v) is 3.21. The van der Waals surface area contributed by atoms with Crippen LogP contribution in [0.1, 0.15) is 12.5 Å². The molecule has 0 atom stereocenters. The molecule has 0 saturated carbocycles. The van der Waals surface area contributed by atoms with Gasteiger partial charge in [-0.15, -0.1) is 0 Å². The fourth-order valence-corrected chi connectivity index (χ4v) is 1.37. The molecule has 0 aliphatic heterocycles. The predicted molar refractivity (Wildman–Crippen MR) is 54.0 cm³/mol. The number of nitrogens with zero attached hydrogens (tertiary/aromatic N) is 1. The van der Waals surface area contributed by atoms with Crippen molar-refractivity contribution in [1.82, 2.24) is 0 Å². The van der Waals surface area contributed by atoms with Gasteiger partial charge in [0, 0.05) is 6.42 Å². The van der Waals surface area contributed by atoms with Gasteiger partial charge in [0.15, 0.2) is 5.75 Å². The Kier molecular flexibility index (Phi) is 3.55. The lowest BCUT2D eigenvalue weighted by Crippen LogP contribution is -2.06. The van der Waals surface area contributed by atoms with Crippen LogP contribution in [0, 0.1) is 15.9 Å². The van der Waals surface area contributed by atoms with E-state index in [0.29, 0.717) is 0 Å². The van der Waals surface area contributed by atoms with Crippen LogP contribution in [-0.4, -0.2) is 17.8 Å². The van der Waals surface area contributed by atoms with Crippen LogP contribution < -0.4 is 4.74 Å². The molecule has 1 rings (SSSR count). The molecular weight excluding hydrogens is 217 g/mol. The smallest absolute Gasteiger partial charge is 0.317 e. The van der Waals surface area contributed by atoms with Gasteiger partial charge in [0.05, 0.1) is 17.6 Å². The molecule has 0 radical (unpaired) electrons. The number of hydrogen-bond acceptors (Lipinski definition) is 4. The number of ketones is 1. The number of hydrogen-bond donors (Lipinski definition) is 0. The van der Waals surface area contributed by atoms with Gasteiger partial charge in [0.25, 0.3) is 0 Å². The van der Waals surface area contributed by atoms with Crippen molar-refractivity contribution >= 4 is 11.5 Å². The fraction of sp³-hybridized carbons (Fsp3) is 0.300. The molecule has 5 nitrogen and oxygen atoms in total. The first-order chi connectivity index (χ1) is 7.47. The van der Waals surface area contributed by atoms with E-state index in [9.17, 15) is 19.3 Å². The van der Waals surface area contributed by atoms with Crippen molar-refractivity contribution in [2.75, 3.05) is 7.11 Å². The molecule has 0 amide bonds. The number of carbonyl (C=O) groups excluding carboxylic acids is 1. The Morgan fingerprint density at radius 1 is 1.56 bits per heavy atom. The van der Waals surface area contributed by atoms with Crippen molar-refractivity contribution in [1.29, 1.82) is 0 Å². The van der Waals surface area contributed by atoms with E-state index in [2.05, 4.69) is 0 Å². The first-order valence-corrected chi connectivity index (χ1v) is 4.46. The van der Waals surface area contributed by atoms with Gasteiger partial charge >= 0.3 is 5.69 Å². The Balaban J connectivity index is 3.41. The lowest BCUT2D eigenvalue weighted by molar-refractivity contribution is -0.386. The topological polar surface area (TPSA) is 69.4 Å². The molecule has 0 aliphatic rings. The van der Waals surface area contributed by atoms with Crippen molar-refractivity contribution < 1.29 is 18.8 Å². The molecule has 0 aliphatic carbocycles. The lowest BCUT2D eigenvalue weighted by atomic mass is 10.1. The summed E-state index contributed by atoms with van der Waals surface area (Å²) in [5, 5.41) is 10.8. The van der Waals surface area contributed by atoms with Gasteiger partial charge in [-0.25, -0.2) is 4.39 Å². The quantitative estimate of drug-likeness (QED) is 0.581. The summed E-state index contributed by atoms with van der Waals surface area (Å²) < 4.78 is 18.1. The molecule has 0 aromatic heterocycles. The van der Waals surface area contributed by atoms with Crippen molar-refractivity contribution in [2.45, 2.75) is 13.3 Å². The zero-order chi connectivity index (χ0) is 12.3. The van der Waals surface area contributed by atoms with Crippen LogP contribution in [0.15, 0.2) is 12.1 Å². The van der Waals surface area contributed by atoms with Crippen LogP contribution in [0.25, 0.3) is 0 Å². The second kappa shape index (κ2) is 4.69. The molecule has 1 aromatic carbocycles. The average molecular weight is 227 g/mol. The van der Waals surface area contributed by atoms with E-state index >= 15 is 0 Å². The molecule has 0 N–H and O–H groups in total. The highest BCUT2D eigenvalue weighted by Crippen LogP contribution is 2.32. The van der Waals surface area contributed by atoms with Crippen molar-refractivity contribution in [2.24, 2.45) is 0 Å². The minimum Gasteiger partial charge on any atom is -0.490 e. The van der Waals surface area contributed by atoms with E-state index in [1.165, 1.54) is 14.0 Å². The summed E-state index contributed by atoms with van der Waals surface area (Å²) in [6.07, 6.45) is -0.320. The zero-order valence-corrected chi connectivity index (χ0v) is 8.82. The maximum absolute atomic E-state index is 13.4. The second-order valence-electron chi connectivity index (χ2n) is 3.21. The number of nitro groups is 1. The molecule has 0 bridgehead atoms. The molecule has 1 aromatic rings. The van der Waals surface area contributed by atoms with E-state index in [0.717, 1.165) is 12.1 Å². The van der Waals surface area contributed by atoms with Gasteiger partial charge in [-0.05, 0) is 19.1 Å². The van der Waals surface area contributed by atoms with Gasteiger partial charge in [-0.1, -0.05) is 0 Å². The largest absolute Gasteiger partial charge is 0.490 e. The molecule has 0 spiro atoms. The van der Waals surface area contributed by atoms with E-state index in [4.69, 9.17) is 4.74 Å². The molecule has 0 unspecified atom stereocenters. The summed E-state index contributed by atoms with van der Waals surface area (Å²) in [6.45, 7) is 1.24. The molecule has 0 saturated heterocycles. The van der Waals surface area contributed by atoms with Crippen LogP contribution in [0.5, 0.6) is 5.75 Å². The van der Waals surface area contributed by atoms with Crippen LogP contribution in [0.4, 0.5) is 10.1 Å². The number of carbonyl (C=O) groups is 1. The third-order valence-electron chi connectivity index (χ3n) is 2.02. The molecule has 0 fully saturated rings.